The second-order valence-electron chi connectivity index (χ2n) is 3.16. The molecule has 0 saturated carbocycles. The standard InChI is InChI=1S/C9H9N5O/c1-6-2-8(7(3-10)4-15)14-9(13-6)11-5-12-14/h2,5,7,15H,4H2,1H3. The summed E-state index contributed by atoms with van der Waals surface area (Å²) in [6.45, 7) is 1.57. The Morgan fingerprint density at radius 2 is 2.47 bits per heavy atom. The Balaban J connectivity index is 2.68. The third kappa shape index (κ3) is 1.53. The van der Waals surface area contributed by atoms with E-state index in [4.69, 9.17) is 10.4 Å². The van der Waals surface area contributed by atoms with Crippen LogP contribution in [0.15, 0.2) is 12.4 Å². The highest BCUT2D eigenvalue weighted by molar-refractivity contribution is 5.33. The van der Waals surface area contributed by atoms with Crippen molar-refractivity contribution in [3.05, 3.63) is 23.8 Å². The highest BCUT2D eigenvalue weighted by Gasteiger charge is 2.15. The Hall–Kier alpha value is -2.00. The van der Waals surface area contributed by atoms with E-state index in [1.54, 1.807) is 6.07 Å². The molecule has 0 spiro atoms. The molecule has 0 aromatic carbocycles. The molecular weight excluding hydrogens is 194 g/mol. The lowest BCUT2D eigenvalue weighted by Crippen LogP contribution is -2.10. The fourth-order valence-electron chi connectivity index (χ4n) is 1.41. The van der Waals surface area contributed by atoms with Gasteiger partial charge in [-0.25, -0.2) is 4.98 Å². The number of aliphatic hydroxyl groups excluding tert-OH is 1. The van der Waals surface area contributed by atoms with Crippen LogP contribution >= 0.6 is 0 Å². The van der Waals surface area contributed by atoms with Crippen LogP contribution in [0.25, 0.3) is 5.78 Å². The van der Waals surface area contributed by atoms with E-state index in [0.717, 1.165) is 5.69 Å². The number of aryl methyl sites for hydroxylation is 1. The van der Waals surface area contributed by atoms with Crippen molar-refractivity contribution >= 4 is 5.78 Å². The molecule has 2 heterocycles. The lowest BCUT2D eigenvalue weighted by atomic mass is 10.1. The van der Waals surface area contributed by atoms with Gasteiger partial charge in [-0.3, -0.25) is 0 Å². The van der Waals surface area contributed by atoms with Gasteiger partial charge >= 0.3 is 0 Å². The first-order chi connectivity index (χ1) is 7.26. The van der Waals surface area contributed by atoms with Crippen LogP contribution in [0.2, 0.25) is 0 Å². The van der Waals surface area contributed by atoms with Gasteiger partial charge in [-0.1, -0.05) is 0 Å². The molecule has 0 aliphatic carbocycles. The molecule has 76 valence electrons. The van der Waals surface area contributed by atoms with Gasteiger partial charge in [0, 0.05) is 5.69 Å². The molecule has 15 heavy (non-hydrogen) atoms. The Bertz CT molecular complexity index is 527. The average Bonchev–Trinajstić information content (AvgIpc) is 2.67. The second kappa shape index (κ2) is 3.63. The van der Waals surface area contributed by atoms with Crippen LogP contribution in [0, 0.1) is 18.3 Å². The third-order valence-electron chi connectivity index (χ3n) is 2.10. The number of fused-ring (bicyclic) bond motifs is 1. The zero-order valence-electron chi connectivity index (χ0n) is 8.12. The summed E-state index contributed by atoms with van der Waals surface area (Å²) in [5.74, 6) is -0.158. The molecule has 2 rings (SSSR count). The predicted molar refractivity (Wildman–Crippen MR) is 51.0 cm³/mol. The van der Waals surface area contributed by atoms with Crippen LogP contribution in [0.4, 0.5) is 0 Å². The maximum Gasteiger partial charge on any atom is 0.252 e. The molecule has 2 aromatic rings. The highest BCUT2D eigenvalue weighted by atomic mass is 16.3. The molecule has 1 atom stereocenters. The van der Waals surface area contributed by atoms with Crippen LogP contribution in [-0.4, -0.2) is 31.3 Å². The molecular formula is C9H9N5O. The summed E-state index contributed by atoms with van der Waals surface area (Å²) >= 11 is 0. The molecule has 2 aromatic heterocycles. The molecule has 1 unspecified atom stereocenters. The SMILES string of the molecule is Cc1cc(C(C#N)CO)n2ncnc2n1. The largest absolute Gasteiger partial charge is 0.395 e. The summed E-state index contributed by atoms with van der Waals surface area (Å²) in [6.07, 6.45) is 1.37. The van der Waals surface area contributed by atoms with Crippen LogP contribution in [-0.2, 0) is 0 Å². The van der Waals surface area contributed by atoms with Gasteiger partial charge in [0.05, 0.1) is 18.4 Å². The first-order valence-corrected chi connectivity index (χ1v) is 4.44. The molecule has 0 bridgehead atoms. The number of hydrogen-bond donors (Lipinski definition) is 1. The third-order valence-corrected chi connectivity index (χ3v) is 2.10. The molecule has 0 saturated heterocycles. The Morgan fingerprint density at radius 3 is 3.13 bits per heavy atom. The van der Waals surface area contributed by atoms with E-state index < -0.39 is 5.92 Å². The second-order valence-corrected chi connectivity index (χ2v) is 3.16. The minimum absolute atomic E-state index is 0.241. The smallest absolute Gasteiger partial charge is 0.252 e. The summed E-state index contributed by atoms with van der Waals surface area (Å²) in [6, 6.07) is 3.74. The number of rotatable bonds is 2. The van der Waals surface area contributed by atoms with Crippen molar-refractivity contribution in [3.8, 4) is 6.07 Å². The topological polar surface area (TPSA) is 87.1 Å². The summed E-state index contributed by atoms with van der Waals surface area (Å²) in [4.78, 5) is 8.09. The van der Waals surface area contributed by atoms with E-state index in [2.05, 4.69) is 15.1 Å². The van der Waals surface area contributed by atoms with Crippen molar-refractivity contribution in [2.24, 2.45) is 0 Å². The minimum Gasteiger partial charge on any atom is -0.395 e. The van der Waals surface area contributed by atoms with Crippen molar-refractivity contribution in [2.45, 2.75) is 12.8 Å². The molecule has 0 radical (unpaired) electrons. The zero-order valence-corrected chi connectivity index (χ0v) is 8.12. The Labute approximate surface area is 85.8 Å². The van der Waals surface area contributed by atoms with Gasteiger partial charge in [-0.15, -0.1) is 0 Å². The minimum atomic E-state index is -0.601. The molecule has 0 fully saturated rings. The first-order valence-electron chi connectivity index (χ1n) is 4.44. The fraction of sp³-hybridized carbons (Fsp3) is 0.333. The Morgan fingerprint density at radius 1 is 1.67 bits per heavy atom. The van der Waals surface area contributed by atoms with Gasteiger partial charge in [0.1, 0.15) is 12.2 Å². The molecule has 1 N–H and O–H groups in total. The summed E-state index contributed by atoms with van der Waals surface area (Å²) in [7, 11) is 0. The molecule has 0 aliphatic heterocycles. The number of nitrogens with zero attached hydrogens (tertiary/aromatic N) is 5. The van der Waals surface area contributed by atoms with Crippen molar-refractivity contribution < 1.29 is 5.11 Å². The van der Waals surface area contributed by atoms with Crippen LogP contribution in [0.5, 0.6) is 0 Å². The van der Waals surface area contributed by atoms with Gasteiger partial charge in [0.15, 0.2) is 0 Å². The molecule has 6 nitrogen and oxygen atoms in total. The first kappa shape index (κ1) is 9.55. The van der Waals surface area contributed by atoms with Gasteiger partial charge in [0.25, 0.3) is 5.78 Å². The van der Waals surface area contributed by atoms with Crippen molar-refractivity contribution in [2.75, 3.05) is 6.61 Å². The fourth-order valence-corrected chi connectivity index (χ4v) is 1.41. The van der Waals surface area contributed by atoms with E-state index in [0.29, 0.717) is 11.5 Å². The van der Waals surface area contributed by atoms with Crippen LogP contribution < -0.4 is 0 Å². The van der Waals surface area contributed by atoms with Gasteiger partial charge in [-0.2, -0.15) is 19.9 Å². The summed E-state index contributed by atoms with van der Waals surface area (Å²) in [5, 5.41) is 21.9. The van der Waals surface area contributed by atoms with Gasteiger partial charge < -0.3 is 5.11 Å². The van der Waals surface area contributed by atoms with Crippen LogP contribution in [0.3, 0.4) is 0 Å². The van der Waals surface area contributed by atoms with Gasteiger partial charge in [0.2, 0.25) is 0 Å². The van der Waals surface area contributed by atoms with Crippen LogP contribution in [0.1, 0.15) is 17.3 Å². The zero-order chi connectivity index (χ0) is 10.8. The van der Waals surface area contributed by atoms with E-state index in [1.807, 2.05) is 13.0 Å². The molecule has 6 heteroatoms. The quantitative estimate of drug-likeness (QED) is 0.744. The lowest BCUT2D eigenvalue weighted by molar-refractivity contribution is 0.283. The predicted octanol–water partition coefficient (Wildman–Crippen LogP) is 0.0322. The summed E-state index contributed by atoms with van der Waals surface area (Å²) < 4.78 is 1.47. The monoisotopic (exact) mass is 203 g/mol. The number of aliphatic hydroxyl groups is 1. The normalized spacial score (nSPS) is 12.6. The van der Waals surface area contributed by atoms with Crippen molar-refractivity contribution in [3.63, 3.8) is 0 Å². The number of nitriles is 1. The molecule has 0 aliphatic rings. The van der Waals surface area contributed by atoms with Crippen molar-refractivity contribution in [1.29, 1.82) is 5.26 Å². The van der Waals surface area contributed by atoms with E-state index >= 15 is 0 Å². The van der Waals surface area contributed by atoms with E-state index in [-0.39, 0.29) is 6.61 Å². The highest BCUT2D eigenvalue weighted by Crippen LogP contribution is 2.15. The Kier molecular flexibility index (Phi) is 2.31. The average molecular weight is 203 g/mol. The van der Waals surface area contributed by atoms with E-state index in [9.17, 15) is 0 Å². The summed E-state index contributed by atoms with van der Waals surface area (Å²) in [5.41, 5.74) is 1.36. The van der Waals surface area contributed by atoms with E-state index in [1.165, 1.54) is 10.8 Å². The maximum absolute atomic E-state index is 9.06. The van der Waals surface area contributed by atoms with Gasteiger partial charge in [-0.05, 0) is 13.0 Å². The number of hydrogen-bond acceptors (Lipinski definition) is 5. The molecule has 0 amide bonds. The maximum atomic E-state index is 9.06. The van der Waals surface area contributed by atoms with Crippen molar-refractivity contribution in [1.82, 2.24) is 19.6 Å². The lowest BCUT2D eigenvalue weighted by Gasteiger charge is -2.07. The number of aromatic nitrogens is 4.